The van der Waals surface area contributed by atoms with E-state index < -0.39 is 0 Å². The molecule has 0 radical (unpaired) electrons. The Kier molecular flexibility index (Phi) is 6.97. The summed E-state index contributed by atoms with van der Waals surface area (Å²) in [5.74, 6) is 2.62. The van der Waals surface area contributed by atoms with Crippen molar-refractivity contribution < 1.29 is 19.4 Å². The first kappa shape index (κ1) is 25.6. The number of rotatable bonds is 3. The third-order valence-corrected chi connectivity index (χ3v) is 12.3. The van der Waals surface area contributed by atoms with Crippen LogP contribution in [0.1, 0.15) is 85.0 Å². The maximum absolute atomic E-state index is 12.3. The van der Waals surface area contributed by atoms with Gasteiger partial charge in [-0.2, -0.15) is 0 Å². The van der Waals surface area contributed by atoms with E-state index in [2.05, 4.69) is 23.6 Å². The van der Waals surface area contributed by atoms with E-state index in [1.54, 1.807) is 6.92 Å². The van der Waals surface area contributed by atoms with Gasteiger partial charge in [0, 0.05) is 37.5 Å². The number of piperidine rings is 1. The molecule has 6 nitrogen and oxygen atoms in total. The van der Waals surface area contributed by atoms with Gasteiger partial charge in [-0.3, -0.25) is 14.6 Å². The first-order valence-corrected chi connectivity index (χ1v) is 15.2. The minimum Gasteiger partial charge on any atom is -0.460 e. The number of fused-ring (bicyclic) bond motifs is 5. The molecule has 0 aromatic heterocycles. The Balaban J connectivity index is 1.26. The highest BCUT2D eigenvalue weighted by molar-refractivity contribution is 5.66. The fourth-order valence-electron chi connectivity index (χ4n) is 10.5. The summed E-state index contributed by atoms with van der Waals surface area (Å²) in [6.07, 6.45) is 12.0. The van der Waals surface area contributed by atoms with E-state index >= 15 is 0 Å². The Hall–Kier alpha value is -0.690. The molecule has 6 fully saturated rings. The zero-order chi connectivity index (χ0) is 25.1. The number of esters is 1. The highest BCUT2D eigenvalue weighted by Crippen LogP contribution is 2.67. The van der Waals surface area contributed by atoms with Crippen LogP contribution in [0.5, 0.6) is 0 Å². The minimum absolute atomic E-state index is 0.0406. The van der Waals surface area contributed by atoms with Crippen LogP contribution in [-0.4, -0.2) is 84.6 Å². The summed E-state index contributed by atoms with van der Waals surface area (Å²) in [4.78, 5) is 17.5. The number of likely N-dealkylation sites (tertiary alicyclic amines) is 1. The first-order chi connectivity index (χ1) is 17.3. The van der Waals surface area contributed by atoms with Gasteiger partial charge in [0.1, 0.15) is 6.10 Å². The summed E-state index contributed by atoms with van der Waals surface area (Å²) in [6, 6.07) is 0.670. The summed E-state index contributed by atoms with van der Waals surface area (Å²) in [5, 5.41) is 11.2. The zero-order valence-corrected chi connectivity index (χ0v) is 23.0. The SMILES string of the molecule is CC(=O)O[C@H]1[C@@H](N2CCCCC2)C[C@H]2[C@@H]3CC[C@H]4C[C@H](O)[C@@H](N5CCOCC5)C[C@]4(C)[C@H]3CC[C@@]21C. The number of morpholine rings is 1. The fourth-order valence-corrected chi connectivity index (χ4v) is 10.5. The van der Waals surface area contributed by atoms with E-state index in [0.717, 1.165) is 64.1 Å². The van der Waals surface area contributed by atoms with Crippen molar-refractivity contribution in [2.75, 3.05) is 39.4 Å². The summed E-state index contributed by atoms with van der Waals surface area (Å²) < 4.78 is 11.9. The average Bonchev–Trinajstić information content (AvgIpc) is 3.17. The molecule has 2 heterocycles. The predicted molar refractivity (Wildman–Crippen MR) is 139 cm³/mol. The van der Waals surface area contributed by atoms with E-state index in [9.17, 15) is 9.90 Å². The van der Waals surface area contributed by atoms with Crippen molar-refractivity contribution in [1.29, 1.82) is 0 Å². The van der Waals surface area contributed by atoms with Crippen molar-refractivity contribution in [2.45, 2.75) is 109 Å². The van der Waals surface area contributed by atoms with Gasteiger partial charge in [0.05, 0.1) is 19.3 Å². The molecule has 36 heavy (non-hydrogen) atoms. The van der Waals surface area contributed by atoms with Crippen molar-refractivity contribution in [3.05, 3.63) is 0 Å². The number of hydrogen-bond acceptors (Lipinski definition) is 6. The third-order valence-electron chi connectivity index (χ3n) is 12.3. The van der Waals surface area contributed by atoms with Crippen LogP contribution in [0.4, 0.5) is 0 Å². The molecule has 0 aromatic carbocycles. The lowest BCUT2D eigenvalue weighted by atomic mass is 9.44. The van der Waals surface area contributed by atoms with E-state index in [0.29, 0.717) is 23.3 Å². The summed E-state index contributed by atoms with van der Waals surface area (Å²) in [5.41, 5.74) is 0.391. The lowest BCUT2D eigenvalue weighted by Gasteiger charge is -2.62. The van der Waals surface area contributed by atoms with Gasteiger partial charge in [0.2, 0.25) is 0 Å². The molecule has 0 unspecified atom stereocenters. The zero-order valence-electron chi connectivity index (χ0n) is 23.0. The van der Waals surface area contributed by atoms with Gasteiger partial charge in [-0.25, -0.2) is 0 Å². The molecule has 0 spiro atoms. The second-order valence-corrected chi connectivity index (χ2v) is 13.9. The molecule has 0 bridgehead atoms. The molecular formula is C30H50N2O4. The van der Waals surface area contributed by atoms with Crippen LogP contribution in [0.3, 0.4) is 0 Å². The largest absolute Gasteiger partial charge is 0.460 e. The molecule has 1 N–H and O–H groups in total. The van der Waals surface area contributed by atoms with E-state index in [-0.39, 0.29) is 29.6 Å². The average molecular weight is 503 g/mol. The predicted octanol–water partition coefficient (Wildman–Crippen LogP) is 4.10. The van der Waals surface area contributed by atoms with Gasteiger partial charge in [0.25, 0.3) is 0 Å². The van der Waals surface area contributed by atoms with Crippen molar-refractivity contribution in [1.82, 2.24) is 9.80 Å². The number of nitrogens with zero attached hydrogens (tertiary/aromatic N) is 2. The molecule has 6 rings (SSSR count). The Morgan fingerprint density at radius 1 is 0.889 bits per heavy atom. The molecule has 204 valence electrons. The second kappa shape index (κ2) is 9.81. The van der Waals surface area contributed by atoms with Gasteiger partial charge >= 0.3 is 5.97 Å². The Morgan fingerprint density at radius 2 is 1.61 bits per heavy atom. The molecule has 0 aromatic rings. The lowest BCUT2D eigenvalue weighted by Crippen LogP contribution is -2.61. The van der Waals surface area contributed by atoms with Gasteiger partial charge in [-0.1, -0.05) is 20.3 Å². The number of carbonyl (C=O) groups is 1. The number of ether oxygens (including phenoxy) is 2. The maximum Gasteiger partial charge on any atom is 0.302 e. The topological polar surface area (TPSA) is 62.2 Å². The maximum atomic E-state index is 12.3. The van der Waals surface area contributed by atoms with Crippen LogP contribution in [-0.2, 0) is 14.3 Å². The van der Waals surface area contributed by atoms with Gasteiger partial charge in [0.15, 0.2) is 0 Å². The van der Waals surface area contributed by atoms with Crippen LogP contribution >= 0.6 is 0 Å². The minimum atomic E-state index is -0.199. The fraction of sp³-hybridized carbons (Fsp3) is 0.967. The quantitative estimate of drug-likeness (QED) is 0.587. The highest BCUT2D eigenvalue weighted by Gasteiger charge is 2.64. The van der Waals surface area contributed by atoms with Gasteiger partial charge in [-0.05, 0) is 100.0 Å². The molecule has 0 amide bonds. The molecule has 2 aliphatic heterocycles. The van der Waals surface area contributed by atoms with E-state index in [4.69, 9.17) is 9.47 Å². The number of aliphatic hydroxyl groups is 1. The van der Waals surface area contributed by atoms with E-state index in [1.807, 2.05) is 0 Å². The van der Waals surface area contributed by atoms with Crippen molar-refractivity contribution in [3.8, 4) is 0 Å². The van der Waals surface area contributed by atoms with Gasteiger partial charge < -0.3 is 14.6 Å². The molecule has 2 saturated heterocycles. The lowest BCUT2D eigenvalue weighted by molar-refractivity contribution is -0.172. The molecule has 6 heteroatoms. The number of aliphatic hydroxyl groups excluding tert-OH is 1. The number of hydrogen-bond donors (Lipinski definition) is 1. The van der Waals surface area contributed by atoms with Crippen LogP contribution in [0.2, 0.25) is 0 Å². The first-order valence-electron chi connectivity index (χ1n) is 15.2. The monoisotopic (exact) mass is 502 g/mol. The molecule has 4 saturated carbocycles. The van der Waals surface area contributed by atoms with E-state index in [1.165, 1.54) is 51.4 Å². The van der Waals surface area contributed by atoms with Crippen LogP contribution in [0.15, 0.2) is 0 Å². The molecule has 10 atom stereocenters. The summed E-state index contributed by atoms with van der Waals surface area (Å²) in [6.45, 7) is 12.5. The Labute approximate surface area is 218 Å². The Bertz CT molecular complexity index is 811. The second-order valence-electron chi connectivity index (χ2n) is 13.9. The van der Waals surface area contributed by atoms with Crippen LogP contribution in [0, 0.1) is 34.5 Å². The van der Waals surface area contributed by atoms with Crippen molar-refractivity contribution in [2.24, 2.45) is 34.5 Å². The van der Waals surface area contributed by atoms with Crippen molar-refractivity contribution in [3.63, 3.8) is 0 Å². The molecule has 6 aliphatic rings. The smallest absolute Gasteiger partial charge is 0.302 e. The standard InChI is InChI=1S/C30H50N2O4/c1-20(33)36-28-25(31-11-5-4-6-12-31)18-24-22-8-7-21-17-27(34)26(32-13-15-35-16-14-32)19-30(21,3)23(22)9-10-29(24,28)2/h21-28,34H,4-19H2,1-3H3/t21-,22+,23-,24-,25-,26-,27-,28-,29-,30-/m0/s1. The normalized spacial score (nSPS) is 50.1. The number of carbonyl (C=O) groups excluding carboxylic acids is 1. The van der Waals surface area contributed by atoms with Gasteiger partial charge in [-0.15, -0.1) is 0 Å². The van der Waals surface area contributed by atoms with Crippen molar-refractivity contribution >= 4 is 5.97 Å². The third kappa shape index (κ3) is 4.17. The van der Waals surface area contributed by atoms with Crippen LogP contribution in [0.25, 0.3) is 0 Å². The molecule has 4 aliphatic carbocycles. The Morgan fingerprint density at radius 3 is 2.33 bits per heavy atom. The van der Waals surface area contributed by atoms with Crippen LogP contribution < -0.4 is 0 Å². The highest BCUT2D eigenvalue weighted by atomic mass is 16.5. The summed E-state index contributed by atoms with van der Waals surface area (Å²) in [7, 11) is 0. The summed E-state index contributed by atoms with van der Waals surface area (Å²) >= 11 is 0. The molecular weight excluding hydrogens is 452 g/mol.